The van der Waals surface area contributed by atoms with Gasteiger partial charge in [0.2, 0.25) is 0 Å². The summed E-state index contributed by atoms with van der Waals surface area (Å²) in [4.78, 5) is 22.4. The average molecular weight is 322 g/mol. The molecule has 1 aromatic carbocycles. The molecule has 9 heteroatoms. The lowest BCUT2D eigenvalue weighted by Gasteiger charge is -2.07. The Morgan fingerprint density at radius 2 is 2.22 bits per heavy atom. The quantitative estimate of drug-likeness (QED) is 0.516. The number of nitrogens with zero attached hydrogens (tertiary/aromatic N) is 3. The molecule has 0 aliphatic rings. The van der Waals surface area contributed by atoms with Crippen LogP contribution in [0.5, 0.6) is 0 Å². The van der Waals surface area contributed by atoms with Crippen LogP contribution in [0.25, 0.3) is 0 Å². The number of halogens is 1. The van der Waals surface area contributed by atoms with Gasteiger partial charge in [-0.05, 0) is 26.0 Å². The first-order chi connectivity index (χ1) is 10.8. The lowest BCUT2D eigenvalue weighted by molar-refractivity contribution is -0.384. The van der Waals surface area contributed by atoms with Crippen molar-refractivity contribution < 1.29 is 18.8 Å². The Bertz CT molecular complexity index is 772. The van der Waals surface area contributed by atoms with E-state index in [-0.39, 0.29) is 23.7 Å². The molecule has 1 N–H and O–H groups in total. The predicted octanol–water partition coefficient (Wildman–Crippen LogP) is 2.70. The van der Waals surface area contributed by atoms with Gasteiger partial charge in [0.15, 0.2) is 5.82 Å². The molecule has 122 valence electrons. The molecule has 0 saturated heterocycles. The van der Waals surface area contributed by atoms with Crippen molar-refractivity contribution in [2.45, 2.75) is 13.8 Å². The van der Waals surface area contributed by atoms with Gasteiger partial charge in [-0.15, -0.1) is 0 Å². The second kappa shape index (κ2) is 6.42. The SMILES string of the molecule is CCOC(=O)c1c(Nc2ccc(F)cc2[N+](=O)[O-])nn(C)c1C. The highest BCUT2D eigenvalue weighted by Gasteiger charge is 2.24. The van der Waals surface area contributed by atoms with Gasteiger partial charge in [-0.1, -0.05) is 0 Å². The number of aromatic nitrogens is 2. The number of esters is 1. The number of aryl methyl sites for hydroxylation is 1. The molecule has 0 spiro atoms. The van der Waals surface area contributed by atoms with Crippen LogP contribution in [0.2, 0.25) is 0 Å². The van der Waals surface area contributed by atoms with Crippen molar-refractivity contribution in [3.05, 3.63) is 45.4 Å². The molecule has 0 atom stereocenters. The van der Waals surface area contributed by atoms with E-state index in [1.54, 1.807) is 20.9 Å². The summed E-state index contributed by atoms with van der Waals surface area (Å²) >= 11 is 0. The molecule has 0 aliphatic heterocycles. The van der Waals surface area contributed by atoms with E-state index in [0.717, 1.165) is 12.1 Å². The highest BCUT2D eigenvalue weighted by Crippen LogP contribution is 2.30. The normalized spacial score (nSPS) is 10.4. The third-order valence-corrected chi connectivity index (χ3v) is 3.22. The van der Waals surface area contributed by atoms with Crippen molar-refractivity contribution in [3.8, 4) is 0 Å². The van der Waals surface area contributed by atoms with E-state index < -0.39 is 22.4 Å². The number of anilines is 2. The van der Waals surface area contributed by atoms with E-state index in [0.29, 0.717) is 5.69 Å². The molecule has 0 saturated carbocycles. The summed E-state index contributed by atoms with van der Waals surface area (Å²) in [5.74, 6) is -1.21. The highest BCUT2D eigenvalue weighted by atomic mass is 19.1. The number of carbonyl (C=O) groups is 1. The summed E-state index contributed by atoms with van der Waals surface area (Å²) < 4.78 is 19.6. The Kier molecular flexibility index (Phi) is 4.58. The fraction of sp³-hybridized carbons (Fsp3) is 0.286. The molecule has 23 heavy (non-hydrogen) atoms. The van der Waals surface area contributed by atoms with Crippen molar-refractivity contribution in [1.82, 2.24) is 9.78 Å². The highest BCUT2D eigenvalue weighted by molar-refractivity contribution is 5.97. The van der Waals surface area contributed by atoms with E-state index in [1.807, 2.05) is 0 Å². The topological polar surface area (TPSA) is 99.3 Å². The Morgan fingerprint density at radius 3 is 2.83 bits per heavy atom. The van der Waals surface area contributed by atoms with E-state index in [4.69, 9.17) is 4.74 Å². The van der Waals surface area contributed by atoms with Gasteiger partial charge in [0, 0.05) is 7.05 Å². The third-order valence-electron chi connectivity index (χ3n) is 3.22. The summed E-state index contributed by atoms with van der Waals surface area (Å²) in [6.07, 6.45) is 0. The molecule has 0 radical (unpaired) electrons. The number of rotatable bonds is 5. The van der Waals surface area contributed by atoms with Gasteiger partial charge in [-0.25, -0.2) is 9.18 Å². The summed E-state index contributed by atoms with van der Waals surface area (Å²) in [6.45, 7) is 3.52. The largest absolute Gasteiger partial charge is 0.462 e. The van der Waals surface area contributed by atoms with Crippen molar-refractivity contribution in [2.75, 3.05) is 11.9 Å². The van der Waals surface area contributed by atoms with E-state index in [9.17, 15) is 19.3 Å². The maximum atomic E-state index is 13.2. The summed E-state index contributed by atoms with van der Waals surface area (Å²) in [7, 11) is 1.63. The van der Waals surface area contributed by atoms with Crippen LogP contribution in [0.3, 0.4) is 0 Å². The number of nitro groups is 1. The zero-order chi connectivity index (χ0) is 17.1. The van der Waals surface area contributed by atoms with Crippen LogP contribution in [0.4, 0.5) is 21.6 Å². The maximum absolute atomic E-state index is 13.2. The average Bonchev–Trinajstić information content (AvgIpc) is 2.75. The number of benzene rings is 1. The standard InChI is InChI=1S/C14H15FN4O4/c1-4-23-14(20)12-8(2)18(3)17-13(12)16-10-6-5-9(15)7-11(10)19(21)22/h5-7H,4H2,1-3H3,(H,16,17). The third kappa shape index (κ3) is 3.28. The zero-order valence-electron chi connectivity index (χ0n) is 12.8. The first kappa shape index (κ1) is 16.4. The van der Waals surface area contributed by atoms with E-state index in [1.165, 1.54) is 10.7 Å². The van der Waals surface area contributed by atoms with E-state index in [2.05, 4.69) is 10.4 Å². The van der Waals surface area contributed by atoms with Crippen LogP contribution in [0.15, 0.2) is 18.2 Å². The maximum Gasteiger partial charge on any atom is 0.343 e. The smallest absolute Gasteiger partial charge is 0.343 e. The van der Waals surface area contributed by atoms with Gasteiger partial charge in [-0.2, -0.15) is 5.10 Å². The van der Waals surface area contributed by atoms with Crippen LogP contribution < -0.4 is 5.32 Å². The molecule has 0 bridgehead atoms. The number of ether oxygens (including phenoxy) is 1. The number of carbonyl (C=O) groups excluding carboxylic acids is 1. The van der Waals surface area contributed by atoms with Crippen LogP contribution in [0.1, 0.15) is 23.0 Å². The Hall–Kier alpha value is -2.97. The molecule has 0 unspecified atom stereocenters. The van der Waals surface area contributed by atoms with Gasteiger partial charge in [0.1, 0.15) is 17.1 Å². The van der Waals surface area contributed by atoms with Gasteiger partial charge in [0.25, 0.3) is 5.69 Å². The Balaban J connectivity index is 2.47. The van der Waals surface area contributed by atoms with Crippen LogP contribution in [-0.2, 0) is 11.8 Å². The monoisotopic (exact) mass is 322 g/mol. The van der Waals surface area contributed by atoms with Crippen LogP contribution >= 0.6 is 0 Å². The summed E-state index contributed by atoms with van der Waals surface area (Å²) in [5.41, 5.74) is 0.284. The molecule has 0 aliphatic carbocycles. The van der Waals surface area contributed by atoms with Crippen molar-refractivity contribution in [2.24, 2.45) is 7.05 Å². The number of hydrogen-bond acceptors (Lipinski definition) is 6. The fourth-order valence-electron chi connectivity index (χ4n) is 2.03. The first-order valence-corrected chi connectivity index (χ1v) is 6.76. The van der Waals surface area contributed by atoms with Crippen LogP contribution in [0, 0.1) is 22.9 Å². The van der Waals surface area contributed by atoms with Gasteiger partial charge >= 0.3 is 5.97 Å². The number of hydrogen-bond donors (Lipinski definition) is 1. The lowest BCUT2D eigenvalue weighted by atomic mass is 10.2. The summed E-state index contributed by atoms with van der Waals surface area (Å²) in [6, 6.07) is 3.09. The molecule has 8 nitrogen and oxygen atoms in total. The molecule has 0 amide bonds. The Labute approximate surface area is 131 Å². The number of nitrogens with one attached hydrogen (secondary N) is 1. The first-order valence-electron chi connectivity index (χ1n) is 6.76. The molecule has 0 fully saturated rings. The van der Waals surface area contributed by atoms with Gasteiger partial charge < -0.3 is 10.1 Å². The van der Waals surface area contributed by atoms with E-state index >= 15 is 0 Å². The second-order valence-corrected chi connectivity index (χ2v) is 4.70. The molecular formula is C14H15FN4O4. The Morgan fingerprint density at radius 1 is 1.52 bits per heavy atom. The fourth-order valence-corrected chi connectivity index (χ4v) is 2.03. The molecule has 2 rings (SSSR count). The zero-order valence-corrected chi connectivity index (χ0v) is 12.8. The van der Waals surface area contributed by atoms with Crippen molar-refractivity contribution >= 4 is 23.2 Å². The van der Waals surface area contributed by atoms with Gasteiger partial charge in [-0.3, -0.25) is 14.8 Å². The predicted molar refractivity (Wildman–Crippen MR) is 80.2 cm³/mol. The minimum Gasteiger partial charge on any atom is -0.462 e. The molecular weight excluding hydrogens is 307 g/mol. The van der Waals surface area contributed by atoms with Crippen LogP contribution in [-0.4, -0.2) is 27.3 Å². The summed E-state index contributed by atoms with van der Waals surface area (Å²) in [5, 5.41) is 17.9. The molecule has 1 aromatic heterocycles. The lowest BCUT2D eigenvalue weighted by Crippen LogP contribution is -2.09. The minimum absolute atomic E-state index is 0.0278. The molecule has 2 aromatic rings. The molecule has 1 heterocycles. The van der Waals surface area contributed by atoms with Gasteiger partial charge in [0.05, 0.1) is 23.3 Å². The van der Waals surface area contributed by atoms with Crippen molar-refractivity contribution in [3.63, 3.8) is 0 Å². The minimum atomic E-state index is -0.731. The van der Waals surface area contributed by atoms with Crippen molar-refractivity contribution in [1.29, 1.82) is 0 Å². The number of nitro benzene ring substituents is 1. The second-order valence-electron chi connectivity index (χ2n) is 4.70.